The highest BCUT2D eigenvalue weighted by Gasteiger charge is 2.22. The first-order valence-electron chi connectivity index (χ1n) is 6.50. The van der Waals surface area contributed by atoms with Gasteiger partial charge in [0.15, 0.2) is 5.03 Å². The van der Waals surface area contributed by atoms with Gasteiger partial charge in [-0.1, -0.05) is 12.1 Å². The fourth-order valence-electron chi connectivity index (χ4n) is 1.84. The highest BCUT2D eigenvalue weighted by Crippen LogP contribution is 2.14. The predicted octanol–water partition coefficient (Wildman–Crippen LogP) is 1.02. The van der Waals surface area contributed by atoms with Gasteiger partial charge in [0.1, 0.15) is 0 Å². The molecule has 0 spiro atoms. The van der Waals surface area contributed by atoms with Crippen molar-refractivity contribution in [3.05, 3.63) is 54.0 Å². The van der Waals surface area contributed by atoms with Gasteiger partial charge in [-0.2, -0.15) is 4.31 Å². The summed E-state index contributed by atoms with van der Waals surface area (Å²) in [5, 5.41) is 3.03. The Hall–Kier alpha value is -1.83. The summed E-state index contributed by atoms with van der Waals surface area (Å²) in [4.78, 5) is 8.17. The number of hydrogen-bond acceptors (Lipinski definition) is 5. The molecule has 0 amide bonds. The van der Waals surface area contributed by atoms with Crippen molar-refractivity contribution in [2.45, 2.75) is 18.1 Å². The van der Waals surface area contributed by atoms with Crippen molar-refractivity contribution in [3.63, 3.8) is 0 Å². The van der Waals surface area contributed by atoms with Crippen LogP contribution in [-0.4, -0.2) is 36.8 Å². The zero-order valence-electron chi connectivity index (χ0n) is 12.0. The van der Waals surface area contributed by atoms with Gasteiger partial charge in [0, 0.05) is 26.0 Å². The Morgan fingerprint density at radius 1 is 1.19 bits per heavy atom. The molecule has 0 aliphatic heterocycles. The van der Waals surface area contributed by atoms with Crippen molar-refractivity contribution in [1.82, 2.24) is 19.6 Å². The molecule has 21 heavy (non-hydrogen) atoms. The summed E-state index contributed by atoms with van der Waals surface area (Å²) in [6, 6.07) is 8.69. The van der Waals surface area contributed by atoms with Crippen LogP contribution < -0.4 is 5.32 Å². The van der Waals surface area contributed by atoms with Gasteiger partial charge in [-0.25, -0.2) is 13.4 Å². The van der Waals surface area contributed by atoms with Crippen LogP contribution >= 0.6 is 0 Å². The minimum absolute atomic E-state index is 0.0424. The topological polar surface area (TPSA) is 75.2 Å². The van der Waals surface area contributed by atoms with Crippen LogP contribution in [0.3, 0.4) is 0 Å². The van der Waals surface area contributed by atoms with E-state index in [9.17, 15) is 8.42 Å². The van der Waals surface area contributed by atoms with E-state index >= 15 is 0 Å². The average Bonchev–Trinajstić information content (AvgIpc) is 2.49. The number of nitrogens with one attached hydrogen (secondary N) is 1. The van der Waals surface area contributed by atoms with E-state index in [2.05, 4.69) is 15.3 Å². The average molecular weight is 306 g/mol. The summed E-state index contributed by atoms with van der Waals surface area (Å²) in [7, 11) is -0.261. The molecule has 7 heteroatoms. The zero-order valence-corrected chi connectivity index (χ0v) is 12.8. The molecule has 0 saturated heterocycles. The van der Waals surface area contributed by atoms with E-state index < -0.39 is 10.0 Å². The molecule has 0 aliphatic rings. The summed E-state index contributed by atoms with van der Waals surface area (Å²) in [5.74, 6) is 0. The van der Waals surface area contributed by atoms with Crippen molar-refractivity contribution in [3.8, 4) is 0 Å². The normalized spacial score (nSPS) is 11.8. The Balaban J connectivity index is 2.16. The van der Waals surface area contributed by atoms with E-state index in [1.54, 1.807) is 30.6 Å². The largest absolute Gasteiger partial charge is 0.316 e. The van der Waals surface area contributed by atoms with Gasteiger partial charge in [0.25, 0.3) is 10.0 Å². The molecule has 0 radical (unpaired) electrons. The van der Waals surface area contributed by atoms with Crippen LogP contribution in [0.5, 0.6) is 0 Å². The van der Waals surface area contributed by atoms with Gasteiger partial charge in [0.05, 0.1) is 12.2 Å². The number of sulfonamides is 1. The Bertz CT molecular complexity index is 672. The molecular weight excluding hydrogens is 288 g/mol. The van der Waals surface area contributed by atoms with Crippen LogP contribution in [0, 0.1) is 0 Å². The van der Waals surface area contributed by atoms with Crippen molar-refractivity contribution < 1.29 is 8.42 Å². The Morgan fingerprint density at radius 3 is 2.57 bits per heavy atom. The van der Waals surface area contributed by atoms with Crippen molar-refractivity contribution in [1.29, 1.82) is 0 Å². The maximum absolute atomic E-state index is 12.4. The predicted molar refractivity (Wildman–Crippen MR) is 79.9 cm³/mol. The third kappa shape index (κ3) is 3.84. The fraction of sp³-hybridized carbons (Fsp3) is 0.286. The third-order valence-corrected chi connectivity index (χ3v) is 4.68. The summed E-state index contributed by atoms with van der Waals surface area (Å²) >= 11 is 0. The standard InChI is InChI=1S/C14H18N4O2S/c1-15-9-12-6-7-14(17-10-12)21(19,20)18(2)11-13-5-3-4-8-16-13/h3-8,10,15H,9,11H2,1-2H3. The van der Waals surface area contributed by atoms with Gasteiger partial charge >= 0.3 is 0 Å². The van der Waals surface area contributed by atoms with Crippen molar-refractivity contribution in [2.75, 3.05) is 14.1 Å². The van der Waals surface area contributed by atoms with Crippen LogP contribution in [0.2, 0.25) is 0 Å². The molecule has 0 unspecified atom stereocenters. The van der Waals surface area contributed by atoms with Crippen molar-refractivity contribution >= 4 is 10.0 Å². The molecular formula is C14H18N4O2S. The maximum atomic E-state index is 12.4. The maximum Gasteiger partial charge on any atom is 0.260 e. The Labute approximate surface area is 124 Å². The smallest absolute Gasteiger partial charge is 0.260 e. The van der Waals surface area contributed by atoms with Crippen LogP contribution in [0.4, 0.5) is 0 Å². The number of pyridine rings is 2. The third-order valence-electron chi connectivity index (χ3n) is 2.96. The molecule has 2 rings (SSSR count). The van der Waals surface area contributed by atoms with Crippen LogP contribution in [-0.2, 0) is 23.1 Å². The molecule has 0 aliphatic carbocycles. The van der Waals surface area contributed by atoms with E-state index in [0.717, 1.165) is 5.56 Å². The van der Waals surface area contributed by atoms with Crippen LogP contribution in [0.15, 0.2) is 47.8 Å². The van der Waals surface area contributed by atoms with E-state index in [0.29, 0.717) is 12.2 Å². The molecule has 112 valence electrons. The second kappa shape index (κ2) is 6.75. The second-order valence-electron chi connectivity index (χ2n) is 4.62. The number of hydrogen-bond donors (Lipinski definition) is 1. The first kappa shape index (κ1) is 15.6. The quantitative estimate of drug-likeness (QED) is 0.862. The lowest BCUT2D eigenvalue weighted by Gasteiger charge is -2.16. The molecule has 2 heterocycles. The summed E-state index contributed by atoms with van der Waals surface area (Å²) in [6.07, 6.45) is 3.21. The summed E-state index contributed by atoms with van der Waals surface area (Å²) < 4.78 is 26.1. The SMILES string of the molecule is CNCc1ccc(S(=O)(=O)N(C)Cc2ccccn2)nc1. The first-order chi connectivity index (χ1) is 10.0. The number of nitrogens with zero attached hydrogens (tertiary/aromatic N) is 3. The minimum atomic E-state index is -3.61. The summed E-state index contributed by atoms with van der Waals surface area (Å²) in [6.45, 7) is 0.861. The van der Waals surface area contributed by atoms with Gasteiger partial charge in [0.2, 0.25) is 0 Å². The lowest BCUT2D eigenvalue weighted by Crippen LogP contribution is -2.27. The van der Waals surface area contributed by atoms with Crippen LogP contribution in [0.25, 0.3) is 0 Å². The molecule has 0 bridgehead atoms. The minimum Gasteiger partial charge on any atom is -0.316 e. The van der Waals surface area contributed by atoms with Gasteiger partial charge < -0.3 is 5.32 Å². The Kier molecular flexibility index (Phi) is 5.00. The highest BCUT2D eigenvalue weighted by molar-refractivity contribution is 7.89. The lowest BCUT2D eigenvalue weighted by atomic mass is 10.3. The number of rotatable bonds is 6. The van der Waals surface area contributed by atoms with Gasteiger partial charge in [-0.15, -0.1) is 0 Å². The number of aromatic nitrogens is 2. The van der Waals surface area contributed by atoms with E-state index in [4.69, 9.17) is 0 Å². The molecule has 0 atom stereocenters. The molecule has 1 N–H and O–H groups in total. The van der Waals surface area contributed by atoms with Crippen molar-refractivity contribution in [2.24, 2.45) is 0 Å². The molecule has 0 aromatic carbocycles. The molecule has 0 fully saturated rings. The fourth-order valence-corrected chi connectivity index (χ4v) is 2.88. The molecule has 2 aromatic rings. The zero-order chi connectivity index (χ0) is 15.3. The first-order valence-corrected chi connectivity index (χ1v) is 7.94. The van der Waals surface area contributed by atoms with Gasteiger partial charge in [-0.3, -0.25) is 4.98 Å². The summed E-state index contributed by atoms with van der Waals surface area (Å²) in [5.41, 5.74) is 1.62. The second-order valence-corrected chi connectivity index (χ2v) is 6.61. The monoisotopic (exact) mass is 306 g/mol. The molecule has 0 saturated carbocycles. The Morgan fingerprint density at radius 2 is 2.00 bits per heavy atom. The van der Waals surface area contributed by atoms with E-state index in [-0.39, 0.29) is 11.6 Å². The molecule has 2 aromatic heterocycles. The lowest BCUT2D eigenvalue weighted by molar-refractivity contribution is 0.459. The van der Waals surface area contributed by atoms with E-state index in [1.165, 1.54) is 17.4 Å². The highest BCUT2D eigenvalue weighted by atomic mass is 32.2. The van der Waals surface area contributed by atoms with Crippen LogP contribution in [0.1, 0.15) is 11.3 Å². The molecule has 6 nitrogen and oxygen atoms in total. The van der Waals surface area contributed by atoms with E-state index in [1.807, 2.05) is 13.1 Å². The van der Waals surface area contributed by atoms with Gasteiger partial charge in [-0.05, 0) is 30.8 Å².